The van der Waals surface area contributed by atoms with E-state index in [4.69, 9.17) is 4.74 Å². The third kappa shape index (κ3) is 4.82. The van der Waals surface area contributed by atoms with Crippen LogP contribution >= 0.6 is 0 Å². The summed E-state index contributed by atoms with van der Waals surface area (Å²) in [6.07, 6.45) is -3.61. The summed E-state index contributed by atoms with van der Waals surface area (Å²) in [6.45, 7) is 1.31. The lowest BCUT2D eigenvalue weighted by molar-refractivity contribution is -0.289. The minimum Gasteiger partial charge on any atom is -0.456 e. The molecule has 0 bridgehead atoms. The molecule has 0 radical (unpaired) electrons. The lowest BCUT2D eigenvalue weighted by Crippen LogP contribution is -2.34. The number of hydrogen-bond donors (Lipinski definition) is 1. The lowest BCUT2D eigenvalue weighted by Gasteiger charge is -2.21. The quantitative estimate of drug-likeness (QED) is 0.655. The van der Waals surface area contributed by atoms with E-state index in [0.717, 1.165) is 30.3 Å². The summed E-state index contributed by atoms with van der Waals surface area (Å²) >= 11 is 0. The van der Waals surface area contributed by atoms with Crippen LogP contribution in [-0.2, 0) is 10.7 Å². The van der Waals surface area contributed by atoms with Gasteiger partial charge < -0.3 is 10.1 Å². The van der Waals surface area contributed by atoms with Crippen molar-refractivity contribution < 1.29 is 40.7 Å². The molecular weight excluding hydrogens is 442 g/mol. The summed E-state index contributed by atoms with van der Waals surface area (Å²) in [6, 6.07) is 4.75. The van der Waals surface area contributed by atoms with Gasteiger partial charge in [0.05, 0.1) is 11.3 Å². The number of rotatable bonds is 5. The molecule has 0 aliphatic carbocycles. The van der Waals surface area contributed by atoms with Crippen molar-refractivity contribution in [3.63, 3.8) is 0 Å². The maximum Gasteiger partial charge on any atom is 0.458 e. The average Bonchev–Trinajstić information content (AvgIpc) is 2.69. The smallest absolute Gasteiger partial charge is 0.456 e. The molecule has 5 nitrogen and oxygen atoms in total. The molecule has 1 aliphatic rings. The van der Waals surface area contributed by atoms with E-state index >= 15 is 0 Å². The van der Waals surface area contributed by atoms with Crippen LogP contribution in [0.15, 0.2) is 53.2 Å². The van der Waals surface area contributed by atoms with Crippen molar-refractivity contribution in [1.29, 1.82) is 0 Å². The van der Waals surface area contributed by atoms with Gasteiger partial charge in [-0.3, -0.25) is 14.6 Å². The third-order valence-electron chi connectivity index (χ3n) is 4.35. The van der Waals surface area contributed by atoms with Crippen LogP contribution in [0.1, 0.15) is 21.5 Å². The Bertz CT molecular complexity index is 1140. The average molecular weight is 456 g/mol. The van der Waals surface area contributed by atoms with Crippen molar-refractivity contribution in [2.45, 2.75) is 19.0 Å². The number of aryl methyl sites for hydroxylation is 1. The number of halogens is 6. The Kier molecular flexibility index (Phi) is 6.11. The van der Waals surface area contributed by atoms with Crippen LogP contribution in [0, 0.1) is 12.7 Å². The Morgan fingerprint density at radius 2 is 1.78 bits per heavy atom. The molecule has 32 heavy (non-hydrogen) atoms. The molecular formula is C21H14F6N2O3. The largest absolute Gasteiger partial charge is 0.458 e. The van der Waals surface area contributed by atoms with Crippen LogP contribution in [0.2, 0.25) is 0 Å². The van der Waals surface area contributed by atoms with Crippen LogP contribution in [0.5, 0.6) is 11.5 Å². The highest BCUT2D eigenvalue weighted by atomic mass is 19.4. The predicted molar refractivity (Wildman–Crippen MR) is 102 cm³/mol. The van der Waals surface area contributed by atoms with Gasteiger partial charge in [0, 0.05) is 17.9 Å². The molecule has 0 atom stereocenters. The van der Waals surface area contributed by atoms with E-state index in [0.29, 0.717) is 12.1 Å². The van der Waals surface area contributed by atoms with Gasteiger partial charge in [-0.05, 0) is 42.8 Å². The molecule has 1 aliphatic heterocycles. The van der Waals surface area contributed by atoms with E-state index in [1.165, 1.54) is 13.1 Å². The number of carbonyl (C=O) groups excluding carboxylic acids is 2. The van der Waals surface area contributed by atoms with Gasteiger partial charge in [0.25, 0.3) is 5.91 Å². The normalized spacial score (nSPS) is 14.2. The monoisotopic (exact) mass is 456 g/mol. The van der Waals surface area contributed by atoms with Crippen molar-refractivity contribution in [1.82, 2.24) is 5.32 Å². The second kappa shape index (κ2) is 8.48. The number of benzene rings is 2. The molecule has 168 valence electrons. The van der Waals surface area contributed by atoms with Crippen molar-refractivity contribution in [2.24, 2.45) is 4.99 Å². The van der Waals surface area contributed by atoms with E-state index in [2.05, 4.69) is 10.3 Å². The van der Waals surface area contributed by atoms with Gasteiger partial charge in [0.1, 0.15) is 23.9 Å². The fourth-order valence-corrected chi connectivity index (χ4v) is 2.76. The van der Waals surface area contributed by atoms with Gasteiger partial charge in [0.15, 0.2) is 5.78 Å². The van der Waals surface area contributed by atoms with Crippen molar-refractivity contribution >= 4 is 17.9 Å². The van der Waals surface area contributed by atoms with E-state index in [-0.39, 0.29) is 23.6 Å². The van der Waals surface area contributed by atoms with Gasteiger partial charge in [-0.1, -0.05) is 6.07 Å². The maximum absolute atomic E-state index is 13.9. The number of carbonyl (C=O) groups is 2. The van der Waals surface area contributed by atoms with Crippen LogP contribution in [-0.4, -0.2) is 30.6 Å². The summed E-state index contributed by atoms with van der Waals surface area (Å²) < 4.78 is 85.0. The van der Waals surface area contributed by atoms with Gasteiger partial charge >= 0.3 is 12.1 Å². The zero-order valence-electron chi connectivity index (χ0n) is 16.3. The first-order chi connectivity index (χ1) is 14.9. The maximum atomic E-state index is 13.9. The molecule has 0 spiro atoms. The number of alkyl halides is 5. The van der Waals surface area contributed by atoms with Crippen LogP contribution in [0.25, 0.3) is 0 Å². The predicted octanol–water partition coefficient (Wildman–Crippen LogP) is 4.85. The number of allylic oxidation sites excluding steroid dienone is 1. The zero-order chi connectivity index (χ0) is 23.7. The van der Waals surface area contributed by atoms with Crippen LogP contribution in [0.4, 0.5) is 26.3 Å². The number of dihydropyridines is 1. The molecule has 3 rings (SSSR count). The minimum atomic E-state index is -5.89. The number of nitrogens with one attached hydrogen (secondary N) is 1. The Labute approximate surface area is 177 Å². The summed E-state index contributed by atoms with van der Waals surface area (Å²) in [4.78, 5) is 27.8. The van der Waals surface area contributed by atoms with E-state index in [1.54, 1.807) is 0 Å². The molecule has 1 amide bonds. The SMILES string of the molecule is Cc1cc(F)ccc1Oc1cc(C(F)(F)C(F)(F)F)ccc1C(=O)NC1=CC(=O)CN=C1. The number of hydrogen-bond acceptors (Lipinski definition) is 4. The summed E-state index contributed by atoms with van der Waals surface area (Å²) in [5.74, 6) is -7.89. The zero-order valence-corrected chi connectivity index (χ0v) is 16.3. The van der Waals surface area contributed by atoms with Gasteiger partial charge in [-0.15, -0.1) is 0 Å². The molecule has 11 heteroatoms. The third-order valence-corrected chi connectivity index (χ3v) is 4.35. The molecule has 0 saturated carbocycles. The topological polar surface area (TPSA) is 67.8 Å². The molecule has 2 aromatic carbocycles. The highest BCUT2D eigenvalue weighted by Crippen LogP contribution is 2.45. The van der Waals surface area contributed by atoms with Crippen LogP contribution < -0.4 is 10.1 Å². The Balaban J connectivity index is 2.04. The van der Waals surface area contributed by atoms with E-state index in [9.17, 15) is 35.9 Å². The standard InChI is InChI=1S/C21H14F6N2O3/c1-11-6-13(22)3-5-17(11)32-18-7-12(20(23,24)21(25,26)27)2-4-16(18)19(31)29-14-8-15(30)10-28-9-14/h2-9H,10H2,1H3,(H,29,31). The summed E-state index contributed by atoms with van der Waals surface area (Å²) in [5.41, 5.74) is -1.65. The molecule has 1 heterocycles. The van der Waals surface area contributed by atoms with E-state index in [1.807, 2.05) is 0 Å². The Morgan fingerprint density at radius 3 is 2.41 bits per heavy atom. The van der Waals surface area contributed by atoms with Gasteiger partial charge in [-0.2, -0.15) is 22.0 Å². The van der Waals surface area contributed by atoms with Crippen molar-refractivity contribution in [3.8, 4) is 11.5 Å². The highest BCUT2D eigenvalue weighted by molar-refractivity contribution is 6.06. The molecule has 0 saturated heterocycles. The minimum absolute atomic E-state index is 0.000129. The first-order valence-electron chi connectivity index (χ1n) is 8.97. The van der Waals surface area contributed by atoms with Gasteiger partial charge in [0.2, 0.25) is 0 Å². The number of amides is 1. The number of aliphatic imine (C=N–C) groups is 1. The first kappa shape index (κ1) is 23.0. The summed E-state index contributed by atoms with van der Waals surface area (Å²) in [7, 11) is 0. The molecule has 2 aromatic rings. The van der Waals surface area contributed by atoms with Crippen molar-refractivity contribution in [3.05, 3.63) is 70.7 Å². The first-order valence-corrected chi connectivity index (χ1v) is 8.97. The number of ether oxygens (including phenoxy) is 1. The second-order valence-electron chi connectivity index (χ2n) is 6.78. The molecule has 0 aromatic heterocycles. The van der Waals surface area contributed by atoms with E-state index < -0.39 is 46.5 Å². The van der Waals surface area contributed by atoms with Gasteiger partial charge in [-0.25, -0.2) is 4.39 Å². The Hall–Kier alpha value is -3.63. The second-order valence-corrected chi connectivity index (χ2v) is 6.78. The highest BCUT2D eigenvalue weighted by Gasteiger charge is 2.58. The van der Waals surface area contributed by atoms with Crippen molar-refractivity contribution in [2.75, 3.05) is 6.54 Å². The lowest BCUT2D eigenvalue weighted by atomic mass is 10.0. The molecule has 0 fully saturated rings. The molecule has 0 unspecified atom stereocenters. The summed E-state index contributed by atoms with van der Waals surface area (Å²) in [5, 5.41) is 2.31. The number of ketones is 1. The van der Waals surface area contributed by atoms with Crippen LogP contribution in [0.3, 0.4) is 0 Å². The fourth-order valence-electron chi connectivity index (χ4n) is 2.76. The Morgan fingerprint density at radius 1 is 1.06 bits per heavy atom. The molecule has 1 N–H and O–H groups in total. The number of nitrogens with zero attached hydrogens (tertiary/aromatic N) is 1. The fraction of sp³-hybridized carbons (Fsp3) is 0.190.